The van der Waals surface area contributed by atoms with Crippen molar-refractivity contribution in [2.75, 3.05) is 38.5 Å². The van der Waals surface area contributed by atoms with Crippen LogP contribution in [0, 0.1) is 6.92 Å². The SMILES string of the molecule is CCC(C)NC(=O)CN1CCN(C(=O)CSCc2cccc(C)c2)CC1. The molecule has 1 aromatic rings. The second kappa shape index (κ2) is 10.6. The Kier molecular flexibility index (Phi) is 8.45. The molecule has 1 atom stereocenters. The van der Waals surface area contributed by atoms with Crippen LogP contribution < -0.4 is 5.32 Å². The number of thioether (sulfide) groups is 1. The highest BCUT2D eigenvalue weighted by Crippen LogP contribution is 2.14. The predicted molar refractivity (Wildman–Crippen MR) is 108 cm³/mol. The zero-order valence-electron chi connectivity index (χ0n) is 16.2. The molecule has 1 aliphatic rings. The maximum Gasteiger partial charge on any atom is 0.234 e. The van der Waals surface area contributed by atoms with Crippen LogP contribution in [-0.4, -0.2) is 66.1 Å². The summed E-state index contributed by atoms with van der Waals surface area (Å²) < 4.78 is 0. The average molecular weight is 378 g/mol. The van der Waals surface area contributed by atoms with Crippen LogP contribution in [0.1, 0.15) is 31.4 Å². The minimum absolute atomic E-state index is 0.0767. The van der Waals surface area contributed by atoms with Gasteiger partial charge in [-0.05, 0) is 25.8 Å². The van der Waals surface area contributed by atoms with Crippen molar-refractivity contribution in [1.29, 1.82) is 0 Å². The van der Waals surface area contributed by atoms with Crippen molar-refractivity contribution in [2.45, 2.75) is 39.0 Å². The Morgan fingerprint density at radius 2 is 1.96 bits per heavy atom. The molecule has 1 fully saturated rings. The van der Waals surface area contributed by atoms with Gasteiger partial charge in [-0.15, -0.1) is 11.8 Å². The van der Waals surface area contributed by atoms with E-state index in [9.17, 15) is 9.59 Å². The molecule has 144 valence electrons. The molecule has 26 heavy (non-hydrogen) atoms. The zero-order chi connectivity index (χ0) is 18.9. The van der Waals surface area contributed by atoms with Gasteiger partial charge in [0, 0.05) is 38.0 Å². The second-order valence-electron chi connectivity index (χ2n) is 7.02. The number of piperazine rings is 1. The molecule has 1 aromatic carbocycles. The van der Waals surface area contributed by atoms with E-state index in [1.807, 2.05) is 11.8 Å². The van der Waals surface area contributed by atoms with E-state index in [1.165, 1.54) is 11.1 Å². The predicted octanol–water partition coefficient (Wildman–Crippen LogP) is 2.29. The maximum atomic E-state index is 12.4. The van der Waals surface area contributed by atoms with Crippen LogP contribution >= 0.6 is 11.8 Å². The molecule has 1 N–H and O–H groups in total. The van der Waals surface area contributed by atoms with E-state index in [0.29, 0.717) is 25.4 Å². The third-order valence-corrected chi connectivity index (χ3v) is 5.68. The highest BCUT2D eigenvalue weighted by atomic mass is 32.2. The van der Waals surface area contributed by atoms with Crippen molar-refractivity contribution in [1.82, 2.24) is 15.1 Å². The van der Waals surface area contributed by atoms with Crippen LogP contribution in [0.4, 0.5) is 0 Å². The molecule has 1 unspecified atom stereocenters. The lowest BCUT2D eigenvalue weighted by Crippen LogP contribution is -2.52. The van der Waals surface area contributed by atoms with Crippen molar-refractivity contribution in [3.8, 4) is 0 Å². The van der Waals surface area contributed by atoms with Gasteiger partial charge >= 0.3 is 0 Å². The van der Waals surface area contributed by atoms with Gasteiger partial charge in [0.2, 0.25) is 11.8 Å². The van der Waals surface area contributed by atoms with Gasteiger partial charge in [0.15, 0.2) is 0 Å². The molecule has 1 aliphatic heterocycles. The Labute approximate surface area is 161 Å². The summed E-state index contributed by atoms with van der Waals surface area (Å²) in [5.41, 5.74) is 2.52. The minimum atomic E-state index is 0.0767. The number of benzene rings is 1. The summed E-state index contributed by atoms with van der Waals surface area (Å²) in [6.07, 6.45) is 0.939. The fourth-order valence-corrected chi connectivity index (χ4v) is 3.80. The van der Waals surface area contributed by atoms with E-state index in [-0.39, 0.29) is 17.9 Å². The van der Waals surface area contributed by atoms with Gasteiger partial charge in [0.1, 0.15) is 0 Å². The fourth-order valence-electron chi connectivity index (χ4n) is 2.93. The van der Waals surface area contributed by atoms with Gasteiger partial charge in [-0.3, -0.25) is 14.5 Å². The van der Waals surface area contributed by atoms with Gasteiger partial charge in [0.05, 0.1) is 12.3 Å². The van der Waals surface area contributed by atoms with Gasteiger partial charge in [0.25, 0.3) is 0 Å². The van der Waals surface area contributed by atoms with Gasteiger partial charge in [-0.2, -0.15) is 0 Å². The van der Waals surface area contributed by atoms with Crippen molar-refractivity contribution in [3.05, 3.63) is 35.4 Å². The summed E-state index contributed by atoms with van der Waals surface area (Å²) in [4.78, 5) is 28.4. The molecule has 0 aromatic heterocycles. The average Bonchev–Trinajstić information content (AvgIpc) is 2.62. The molecule has 0 bridgehead atoms. The molecule has 0 spiro atoms. The first-order chi connectivity index (χ1) is 12.5. The van der Waals surface area contributed by atoms with E-state index in [1.54, 1.807) is 11.8 Å². The van der Waals surface area contributed by atoms with E-state index < -0.39 is 0 Å². The van der Waals surface area contributed by atoms with Crippen LogP contribution in [-0.2, 0) is 15.3 Å². The number of carbonyl (C=O) groups is 2. The number of nitrogens with one attached hydrogen (secondary N) is 1. The van der Waals surface area contributed by atoms with Crippen molar-refractivity contribution < 1.29 is 9.59 Å². The standard InChI is InChI=1S/C20H31N3O2S/c1-4-17(3)21-19(24)13-22-8-10-23(11-9-22)20(25)15-26-14-18-7-5-6-16(2)12-18/h5-7,12,17H,4,8-11,13-15H2,1-3H3,(H,21,24). The maximum absolute atomic E-state index is 12.4. The van der Waals surface area contributed by atoms with Crippen LogP contribution in [0.3, 0.4) is 0 Å². The van der Waals surface area contributed by atoms with Crippen LogP contribution in [0.2, 0.25) is 0 Å². The van der Waals surface area contributed by atoms with Crippen molar-refractivity contribution >= 4 is 23.6 Å². The number of nitrogens with zero attached hydrogens (tertiary/aromatic N) is 2. The van der Waals surface area contributed by atoms with E-state index in [2.05, 4.69) is 48.3 Å². The molecule has 5 nitrogen and oxygen atoms in total. The number of aryl methyl sites for hydroxylation is 1. The molecule has 6 heteroatoms. The smallest absolute Gasteiger partial charge is 0.234 e. The monoisotopic (exact) mass is 377 g/mol. The van der Waals surface area contributed by atoms with Gasteiger partial charge < -0.3 is 10.2 Å². The molecular weight excluding hydrogens is 346 g/mol. The first kappa shape index (κ1) is 20.8. The van der Waals surface area contributed by atoms with E-state index >= 15 is 0 Å². The van der Waals surface area contributed by atoms with Crippen LogP contribution in [0.5, 0.6) is 0 Å². The summed E-state index contributed by atoms with van der Waals surface area (Å²) in [7, 11) is 0. The van der Waals surface area contributed by atoms with E-state index in [4.69, 9.17) is 0 Å². The minimum Gasteiger partial charge on any atom is -0.353 e. The number of hydrogen-bond acceptors (Lipinski definition) is 4. The summed E-state index contributed by atoms with van der Waals surface area (Å²) in [6, 6.07) is 8.64. The molecule has 0 radical (unpaired) electrons. The highest BCUT2D eigenvalue weighted by Gasteiger charge is 2.22. The summed E-state index contributed by atoms with van der Waals surface area (Å²) in [6.45, 7) is 9.54. The Bertz CT molecular complexity index is 600. The lowest BCUT2D eigenvalue weighted by atomic mass is 10.2. The Balaban J connectivity index is 1.65. The van der Waals surface area contributed by atoms with E-state index in [0.717, 1.165) is 25.3 Å². The number of amides is 2. The first-order valence-electron chi connectivity index (χ1n) is 9.40. The third kappa shape index (κ3) is 7.00. The molecule has 1 heterocycles. The third-order valence-electron chi connectivity index (χ3n) is 4.69. The first-order valence-corrected chi connectivity index (χ1v) is 10.6. The lowest BCUT2D eigenvalue weighted by Gasteiger charge is -2.34. The Morgan fingerprint density at radius 1 is 1.23 bits per heavy atom. The van der Waals surface area contributed by atoms with Crippen molar-refractivity contribution in [3.63, 3.8) is 0 Å². The van der Waals surface area contributed by atoms with Crippen LogP contribution in [0.15, 0.2) is 24.3 Å². The summed E-state index contributed by atoms with van der Waals surface area (Å²) >= 11 is 1.67. The lowest BCUT2D eigenvalue weighted by molar-refractivity contribution is -0.130. The van der Waals surface area contributed by atoms with Gasteiger partial charge in [-0.25, -0.2) is 0 Å². The molecule has 0 aliphatic carbocycles. The molecule has 2 rings (SSSR count). The topological polar surface area (TPSA) is 52.7 Å². The fraction of sp³-hybridized carbons (Fsp3) is 0.600. The summed E-state index contributed by atoms with van der Waals surface area (Å²) in [5, 5.41) is 2.99. The Hall–Kier alpha value is -1.53. The second-order valence-corrected chi connectivity index (χ2v) is 8.00. The quantitative estimate of drug-likeness (QED) is 0.755. The summed E-state index contributed by atoms with van der Waals surface area (Å²) in [5.74, 6) is 1.66. The number of hydrogen-bond donors (Lipinski definition) is 1. The zero-order valence-corrected chi connectivity index (χ0v) is 17.0. The molecule has 2 amide bonds. The van der Waals surface area contributed by atoms with Crippen LogP contribution in [0.25, 0.3) is 0 Å². The van der Waals surface area contributed by atoms with Crippen molar-refractivity contribution in [2.24, 2.45) is 0 Å². The number of rotatable bonds is 8. The number of carbonyl (C=O) groups excluding carboxylic acids is 2. The molecular formula is C20H31N3O2S. The normalized spacial score (nSPS) is 16.3. The highest BCUT2D eigenvalue weighted by molar-refractivity contribution is 7.99. The van der Waals surface area contributed by atoms with Gasteiger partial charge in [-0.1, -0.05) is 36.8 Å². The Morgan fingerprint density at radius 3 is 2.62 bits per heavy atom. The largest absolute Gasteiger partial charge is 0.353 e. The molecule has 0 saturated carbocycles. The molecule has 1 saturated heterocycles.